The Hall–Kier alpha value is -2.93. The summed E-state index contributed by atoms with van der Waals surface area (Å²) in [6, 6.07) is 10.9. The molecule has 0 bridgehead atoms. The van der Waals surface area contributed by atoms with Crippen molar-refractivity contribution in [2.24, 2.45) is 0 Å². The molecule has 2 aromatic heterocycles. The summed E-state index contributed by atoms with van der Waals surface area (Å²) in [4.78, 5) is 13.2. The van der Waals surface area contributed by atoms with Gasteiger partial charge in [-0.3, -0.25) is 10.1 Å². The second-order valence-corrected chi connectivity index (χ2v) is 5.27. The van der Waals surface area contributed by atoms with Gasteiger partial charge in [-0.15, -0.1) is 5.10 Å². The molecular formula is C16H14ClN5O2. The highest BCUT2D eigenvalue weighted by Gasteiger charge is 2.06. The largest absolute Gasteiger partial charge is 0.457 e. The van der Waals surface area contributed by atoms with E-state index in [0.717, 1.165) is 5.56 Å². The smallest absolute Gasteiger partial charge is 0.270 e. The van der Waals surface area contributed by atoms with Crippen LogP contribution in [-0.4, -0.2) is 26.1 Å². The van der Waals surface area contributed by atoms with Crippen LogP contribution in [0, 0.1) is 0 Å². The Kier molecular flexibility index (Phi) is 4.72. The standard InChI is InChI=1S/C16H14ClN5O2/c1-2-22-20-16(19-21-22)18-15(23)10-8-13-7-9-14(24-13)11-3-5-12(17)6-4-11/h3-10H,2H2,1H3,(H,18,20,23)/b10-8+. The van der Waals surface area contributed by atoms with Crippen LogP contribution >= 0.6 is 11.6 Å². The molecule has 122 valence electrons. The molecule has 0 radical (unpaired) electrons. The molecule has 7 nitrogen and oxygen atoms in total. The van der Waals surface area contributed by atoms with Crippen molar-refractivity contribution in [1.29, 1.82) is 0 Å². The molecule has 0 fully saturated rings. The molecule has 1 N–H and O–H groups in total. The lowest BCUT2D eigenvalue weighted by Crippen LogP contribution is -2.09. The first-order valence-corrected chi connectivity index (χ1v) is 7.64. The van der Waals surface area contributed by atoms with Gasteiger partial charge >= 0.3 is 0 Å². The molecule has 0 spiro atoms. The van der Waals surface area contributed by atoms with Crippen LogP contribution in [0.5, 0.6) is 0 Å². The number of hydrogen-bond acceptors (Lipinski definition) is 5. The van der Waals surface area contributed by atoms with Crippen LogP contribution in [0.15, 0.2) is 46.9 Å². The number of hydrogen-bond donors (Lipinski definition) is 1. The Morgan fingerprint density at radius 2 is 2.08 bits per heavy atom. The van der Waals surface area contributed by atoms with E-state index in [-0.39, 0.29) is 11.9 Å². The maximum absolute atomic E-state index is 11.8. The molecule has 3 aromatic rings. The van der Waals surface area contributed by atoms with Crippen LogP contribution in [0.1, 0.15) is 12.7 Å². The summed E-state index contributed by atoms with van der Waals surface area (Å²) in [6.45, 7) is 2.46. The third-order valence-corrected chi connectivity index (χ3v) is 3.38. The zero-order chi connectivity index (χ0) is 16.9. The number of halogens is 1. The molecule has 3 rings (SSSR count). The van der Waals surface area contributed by atoms with Gasteiger partial charge in [0.1, 0.15) is 11.5 Å². The second-order valence-electron chi connectivity index (χ2n) is 4.83. The van der Waals surface area contributed by atoms with Gasteiger partial charge in [0, 0.05) is 16.7 Å². The van der Waals surface area contributed by atoms with E-state index in [9.17, 15) is 4.79 Å². The number of nitrogens with zero attached hydrogens (tertiary/aromatic N) is 4. The summed E-state index contributed by atoms with van der Waals surface area (Å²) >= 11 is 5.86. The Labute approximate surface area is 142 Å². The number of benzene rings is 1. The van der Waals surface area contributed by atoms with Gasteiger partial charge < -0.3 is 4.42 Å². The highest BCUT2D eigenvalue weighted by molar-refractivity contribution is 6.30. The lowest BCUT2D eigenvalue weighted by molar-refractivity contribution is -0.111. The summed E-state index contributed by atoms with van der Waals surface area (Å²) in [5, 5.41) is 14.6. The summed E-state index contributed by atoms with van der Waals surface area (Å²) in [5.41, 5.74) is 0.906. The zero-order valence-corrected chi connectivity index (χ0v) is 13.6. The van der Waals surface area contributed by atoms with E-state index in [1.165, 1.54) is 10.9 Å². The van der Waals surface area contributed by atoms with Crippen LogP contribution in [-0.2, 0) is 11.3 Å². The minimum atomic E-state index is -0.366. The van der Waals surface area contributed by atoms with Gasteiger partial charge in [0.15, 0.2) is 0 Å². The normalized spacial score (nSPS) is 11.1. The summed E-state index contributed by atoms with van der Waals surface area (Å²) in [5.74, 6) is 1.04. The van der Waals surface area contributed by atoms with Crippen LogP contribution in [0.4, 0.5) is 5.95 Å². The molecule has 0 aliphatic heterocycles. The molecule has 0 aliphatic rings. The van der Waals surface area contributed by atoms with Crippen molar-refractivity contribution in [1.82, 2.24) is 20.2 Å². The average molecular weight is 344 g/mol. The molecule has 2 heterocycles. The van der Waals surface area contributed by atoms with E-state index in [1.807, 2.05) is 25.1 Å². The molecule has 0 saturated heterocycles. The number of aryl methyl sites for hydroxylation is 1. The first-order valence-electron chi connectivity index (χ1n) is 7.26. The molecular weight excluding hydrogens is 330 g/mol. The van der Waals surface area contributed by atoms with Gasteiger partial charge in [-0.25, -0.2) is 0 Å². The van der Waals surface area contributed by atoms with Crippen molar-refractivity contribution in [2.45, 2.75) is 13.5 Å². The van der Waals surface area contributed by atoms with E-state index in [1.54, 1.807) is 24.3 Å². The fraction of sp³-hybridized carbons (Fsp3) is 0.125. The van der Waals surface area contributed by atoms with Crippen LogP contribution in [0.25, 0.3) is 17.4 Å². The van der Waals surface area contributed by atoms with E-state index in [4.69, 9.17) is 16.0 Å². The van der Waals surface area contributed by atoms with Gasteiger partial charge in [0.2, 0.25) is 0 Å². The monoisotopic (exact) mass is 343 g/mol. The lowest BCUT2D eigenvalue weighted by atomic mass is 10.2. The first kappa shape index (κ1) is 15.9. The predicted octanol–water partition coefficient (Wildman–Crippen LogP) is 3.26. The quantitative estimate of drug-likeness (QED) is 0.718. The fourth-order valence-corrected chi connectivity index (χ4v) is 2.07. The SMILES string of the molecule is CCn1nnc(NC(=O)/C=C/c2ccc(-c3ccc(Cl)cc3)o2)n1. The molecule has 8 heteroatoms. The van der Waals surface area contributed by atoms with Crippen LogP contribution in [0.2, 0.25) is 5.02 Å². The molecule has 0 unspecified atom stereocenters. The zero-order valence-electron chi connectivity index (χ0n) is 12.8. The number of furan rings is 1. The van der Waals surface area contributed by atoms with Gasteiger partial charge in [-0.05, 0) is 54.6 Å². The third kappa shape index (κ3) is 3.88. The van der Waals surface area contributed by atoms with Gasteiger partial charge in [-0.2, -0.15) is 4.80 Å². The van der Waals surface area contributed by atoms with Crippen molar-refractivity contribution < 1.29 is 9.21 Å². The van der Waals surface area contributed by atoms with E-state index >= 15 is 0 Å². The number of anilines is 1. The third-order valence-electron chi connectivity index (χ3n) is 3.13. The lowest BCUT2D eigenvalue weighted by Gasteiger charge is -1.96. The molecule has 1 aromatic carbocycles. The van der Waals surface area contributed by atoms with Gasteiger partial charge in [0.25, 0.3) is 11.9 Å². The van der Waals surface area contributed by atoms with Crippen molar-refractivity contribution in [2.75, 3.05) is 5.32 Å². The van der Waals surface area contributed by atoms with Crippen molar-refractivity contribution in [3.8, 4) is 11.3 Å². The Balaban J connectivity index is 1.64. The van der Waals surface area contributed by atoms with Crippen molar-refractivity contribution in [3.05, 3.63) is 53.3 Å². The summed E-state index contributed by atoms with van der Waals surface area (Å²) in [6.07, 6.45) is 2.91. The molecule has 0 atom stereocenters. The van der Waals surface area contributed by atoms with Crippen LogP contribution in [0.3, 0.4) is 0 Å². The molecule has 1 amide bonds. The van der Waals surface area contributed by atoms with E-state index < -0.39 is 0 Å². The maximum atomic E-state index is 11.8. The Morgan fingerprint density at radius 3 is 2.79 bits per heavy atom. The second kappa shape index (κ2) is 7.10. The van der Waals surface area contributed by atoms with Gasteiger partial charge in [-0.1, -0.05) is 16.7 Å². The topological polar surface area (TPSA) is 85.8 Å². The maximum Gasteiger partial charge on any atom is 0.270 e. The highest BCUT2D eigenvalue weighted by Crippen LogP contribution is 2.24. The number of carbonyl (C=O) groups excluding carboxylic acids is 1. The Bertz CT molecular complexity index is 867. The molecule has 24 heavy (non-hydrogen) atoms. The number of carbonyl (C=O) groups is 1. The number of rotatable bonds is 5. The number of tetrazole rings is 1. The summed E-state index contributed by atoms with van der Waals surface area (Å²) < 4.78 is 5.67. The predicted molar refractivity (Wildman–Crippen MR) is 90.3 cm³/mol. The highest BCUT2D eigenvalue weighted by atomic mass is 35.5. The number of aromatic nitrogens is 4. The van der Waals surface area contributed by atoms with Crippen molar-refractivity contribution >= 4 is 29.5 Å². The average Bonchev–Trinajstić information content (AvgIpc) is 3.23. The van der Waals surface area contributed by atoms with Crippen molar-refractivity contribution in [3.63, 3.8) is 0 Å². The van der Waals surface area contributed by atoms with E-state index in [2.05, 4.69) is 20.7 Å². The van der Waals surface area contributed by atoms with Gasteiger partial charge in [0.05, 0.1) is 6.54 Å². The first-order chi connectivity index (χ1) is 11.6. The Morgan fingerprint density at radius 1 is 1.29 bits per heavy atom. The minimum absolute atomic E-state index is 0.160. The molecule has 0 saturated carbocycles. The fourth-order valence-electron chi connectivity index (χ4n) is 1.95. The molecule has 0 aliphatic carbocycles. The minimum Gasteiger partial charge on any atom is -0.457 e. The van der Waals surface area contributed by atoms with E-state index in [0.29, 0.717) is 23.1 Å². The number of nitrogens with one attached hydrogen (secondary N) is 1. The van der Waals surface area contributed by atoms with Crippen LogP contribution < -0.4 is 5.32 Å². The summed E-state index contributed by atoms with van der Waals surface area (Å²) in [7, 11) is 0. The number of amides is 1.